The Morgan fingerprint density at radius 2 is 1.95 bits per heavy atom. The second-order valence-corrected chi connectivity index (χ2v) is 4.91. The zero-order valence-corrected chi connectivity index (χ0v) is 11.7. The number of amides is 1. The molecule has 0 unspecified atom stereocenters. The molecule has 0 atom stereocenters. The number of hydrogen-bond acceptors (Lipinski definition) is 2. The van der Waals surface area contributed by atoms with Crippen molar-refractivity contribution >= 4 is 40.5 Å². The summed E-state index contributed by atoms with van der Waals surface area (Å²) in [5.74, 6) is -0.323. The molecule has 0 heterocycles. The molecule has 2 aromatic rings. The summed E-state index contributed by atoms with van der Waals surface area (Å²) in [6.07, 6.45) is 0. The number of hydrogen-bond donors (Lipinski definition) is 2. The Morgan fingerprint density at radius 3 is 2.63 bits per heavy atom. The summed E-state index contributed by atoms with van der Waals surface area (Å²) in [7, 11) is 0. The molecule has 0 aliphatic heterocycles. The van der Waals surface area contributed by atoms with Crippen molar-refractivity contribution in [3.63, 3.8) is 0 Å². The molecule has 2 rings (SSSR count). The van der Waals surface area contributed by atoms with Gasteiger partial charge in [0.25, 0.3) is 5.91 Å². The second kappa shape index (κ2) is 5.51. The zero-order valence-electron chi connectivity index (χ0n) is 10.2. The number of halogens is 2. The van der Waals surface area contributed by atoms with Crippen molar-refractivity contribution in [2.45, 2.75) is 6.92 Å². The molecule has 0 bridgehead atoms. The number of anilines is 2. The standard InChI is InChI=1S/C14H12Cl2N2O/c1-8-5-6-9(7-12(8)17)18-14(19)10-3-2-4-11(15)13(10)16/h2-7H,17H2,1H3,(H,18,19). The minimum Gasteiger partial charge on any atom is -0.398 e. The van der Waals surface area contributed by atoms with Gasteiger partial charge in [-0.3, -0.25) is 4.79 Å². The van der Waals surface area contributed by atoms with Crippen LogP contribution in [0.1, 0.15) is 15.9 Å². The fraction of sp³-hybridized carbons (Fsp3) is 0.0714. The van der Waals surface area contributed by atoms with Gasteiger partial charge in [-0.25, -0.2) is 0 Å². The first-order valence-electron chi connectivity index (χ1n) is 5.60. The van der Waals surface area contributed by atoms with Crippen LogP contribution in [0, 0.1) is 6.92 Å². The Balaban J connectivity index is 2.26. The lowest BCUT2D eigenvalue weighted by Gasteiger charge is -2.09. The third kappa shape index (κ3) is 3.00. The Bertz CT molecular complexity index is 641. The molecule has 0 aliphatic carbocycles. The third-order valence-corrected chi connectivity index (χ3v) is 3.55. The van der Waals surface area contributed by atoms with Gasteiger partial charge in [0, 0.05) is 11.4 Å². The highest BCUT2D eigenvalue weighted by molar-refractivity contribution is 6.44. The molecule has 0 saturated carbocycles. The van der Waals surface area contributed by atoms with E-state index in [1.54, 1.807) is 30.3 Å². The minimum atomic E-state index is -0.323. The lowest BCUT2D eigenvalue weighted by molar-refractivity contribution is 0.102. The van der Waals surface area contributed by atoms with Gasteiger partial charge >= 0.3 is 0 Å². The molecule has 0 fully saturated rings. The van der Waals surface area contributed by atoms with Crippen molar-refractivity contribution in [2.24, 2.45) is 0 Å². The molecule has 5 heteroatoms. The third-order valence-electron chi connectivity index (χ3n) is 2.73. The molecule has 0 aliphatic rings. The second-order valence-electron chi connectivity index (χ2n) is 4.13. The van der Waals surface area contributed by atoms with E-state index >= 15 is 0 Å². The molecule has 3 N–H and O–H groups in total. The van der Waals surface area contributed by atoms with Crippen LogP contribution in [0.15, 0.2) is 36.4 Å². The molecule has 0 aromatic heterocycles. The van der Waals surface area contributed by atoms with E-state index in [1.165, 1.54) is 0 Å². The smallest absolute Gasteiger partial charge is 0.257 e. The van der Waals surface area contributed by atoms with Gasteiger partial charge in [-0.1, -0.05) is 35.3 Å². The Morgan fingerprint density at radius 1 is 1.21 bits per heavy atom. The van der Waals surface area contributed by atoms with Crippen LogP contribution in [0.4, 0.5) is 11.4 Å². The summed E-state index contributed by atoms with van der Waals surface area (Å²) in [4.78, 5) is 12.1. The number of carbonyl (C=O) groups is 1. The van der Waals surface area contributed by atoms with Gasteiger partial charge < -0.3 is 11.1 Å². The molecule has 19 heavy (non-hydrogen) atoms. The number of carbonyl (C=O) groups excluding carboxylic acids is 1. The average Bonchev–Trinajstić information content (AvgIpc) is 2.37. The van der Waals surface area contributed by atoms with Crippen LogP contribution in [-0.4, -0.2) is 5.91 Å². The minimum absolute atomic E-state index is 0.238. The number of nitrogen functional groups attached to an aromatic ring is 1. The lowest BCUT2D eigenvalue weighted by atomic mass is 10.1. The highest BCUT2D eigenvalue weighted by Crippen LogP contribution is 2.26. The first kappa shape index (κ1) is 13.7. The lowest BCUT2D eigenvalue weighted by Crippen LogP contribution is -2.12. The first-order valence-corrected chi connectivity index (χ1v) is 6.36. The van der Waals surface area contributed by atoms with Crippen LogP contribution in [0.2, 0.25) is 10.0 Å². The van der Waals surface area contributed by atoms with Crippen molar-refractivity contribution in [1.82, 2.24) is 0 Å². The fourth-order valence-corrected chi connectivity index (χ4v) is 1.98. The van der Waals surface area contributed by atoms with Crippen LogP contribution in [-0.2, 0) is 0 Å². The van der Waals surface area contributed by atoms with Gasteiger partial charge in [0.15, 0.2) is 0 Å². The first-order chi connectivity index (χ1) is 8.99. The van der Waals surface area contributed by atoms with Crippen LogP contribution < -0.4 is 11.1 Å². The van der Waals surface area contributed by atoms with E-state index in [0.717, 1.165) is 5.56 Å². The number of benzene rings is 2. The topological polar surface area (TPSA) is 55.1 Å². The largest absolute Gasteiger partial charge is 0.398 e. The van der Waals surface area contributed by atoms with Gasteiger partial charge in [0.05, 0.1) is 15.6 Å². The highest BCUT2D eigenvalue weighted by Gasteiger charge is 2.12. The van der Waals surface area contributed by atoms with E-state index in [-0.39, 0.29) is 10.9 Å². The normalized spacial score (nSPS) is 10.3. The van der Waals surface area contributed by atoms with Gasteiger partial charge in [0.1, 0.15) is 0 Å². The van der Waals surface area contributed by atoms with Crippen molar-refractivity contribution in [2.75, 3.05) is 11.1 Å². The molecule has 0 spiro atoms. The molecule has 2 aromatic carbocycles. The highest BCUT2D eigenvalue weighted by atomic mass is 35.5. The van der Waals surface area contributed by atoms with Gasteiger partial charge in [-0.2, -0.15) is 0 Å². The Hall–Kier alpha value is -1.71. The monoisotopic (exact) mass is 294 g/mol. The van der Waals surface area contributed by atoms with Gasteiger partial charge in [-0.15, -0.1) is 0 Å². The molecular weight excluding hydrogens is 283 g/mol. The molecular formula is C14H12Cl2N2O. The van der Waals surface area contributed by atoms with E-state index in [0.29, 0.717) is 22.0 Å². The summed E-state index contributed by atoms with van der Waals surface area (Å²) < 4.78 is 0. The van der Waals surface area contributed by atoms with E-state index in [2.05, 4.69) is 5.32 Å². The summed E-state index contributed by atoms with van der Waals surface area (Å²) in [6.45, 7) is 1.90. The van der Waals surface area contributed by atoms with E-state index in [1.807, 2.05) is 13.0 Å². The summed E-state index contributed by atoms with van der Waals surface area (Å²) >= 11 is 11.9. The fourth-order valence-electron chi connectivity index (χ4n) is 1.60. The Labute approximate surface area is 121 Å². The quantitative estimate of drug-likeness (QED) is 0.818. The van der Waals surface area contributed by atoms with E-state index in [9.17, 15) is 4.79 Å². The zero-order chi connectivity index (χ0) is 14.0. The predicted octanol–water partition coefficient (Wildman–Crippen LogP) is 4.14. The number of aryl methyl sites for hydroxylation is 1. The van der Waals surface area contributed by atoms with Crippen LogP contribution in [0.25, 0.3) is 0 Å². The number of nitrogens with one attached hydrogen (secondary N) is 1. The Kier molecular flexibility index (Phi) is 3.98. The molecule has 98 valence electrons. The number of rotatable bonds is 2. The van der Waals surface area contributed by atoms with Gasteiger partial charge in [-0.05, 0) is 36.8 Å². The van der Waals surface area contributed by atoms with Gasteiger partial charge in [0.2, 0.25) is 0 Å². The van der Waals surface area contributed by atoms with E-state index < -0.39 is 0 Å². The van der Waals surface area contributed by atoms with Crippen molar-refractivity contribution < 1.29 is 4.79 Å². The molecule has 0 radical (unpaired) electrons. The van der Waals surface area contributed by atoms with Crippen molar-refractivity contribution in [1.29, 1.82) is 0 Å². The number of nitrogens with two attached hydrogens (primary N) is 1. The average molecular weight is 295 g/mol. The maximum absolute atomic E-state index is 12.1. The van der Waals surface area contributed by atoms with Crippen LogP contribution in [0.3, 0.4) is 0 Å². The van der Waals surface area contributed by atoms with Crippen molar-refractivity contribution in [3.05, 3.63) is 57.6 Å². The van der Waals surface area contributed by atoms with E-state index in [4.69, 9.17) is 28.9 Å². The summed E-state index contributed by atoms with van der Waals surface area (Å²) in [5, 5.41) is 3.32. The molecule has 0 saturated heterocycles. The summed E-state index contributed by atoms with van der Waals surface area (Å²) in [6, 6.07) is 10.2. The maximum Gasteiger partial charge on any atom is 0.257 e. The maximum atomic E-state index is 12.1. The predicted molar refractivity (Wildman–Crippen MR) is 80.0 cm³/mol. The van der Waals surface area contributed by atoms with Crippen LogP contribution >= 0.6 is 23.2 Å². The summed E-state index contributed by atoms with van der Waals surface area (Å²) in [5.41, 5.74) is 8.31. The SMILES string of the molecule is Cc1ccc(NC(=O)c2cccc(Cl)c2Cl)cc1N. The molecule has 1 amide bonds. The van der Waals surface area contributed by atoms with Crippen LogP contribution in [0.5, 0.6) is 0 Å². The van der Waals surface area contributed by atoms with Crippen molar-refractivity contribution in [3.8, 4) is 0 Å². The molecule has 3 nitrogen and oxygen atoms in total.